The molecule has 0 heterocycles. The Bertz CT molecular complexity index is 319. The molecule has 0 aliphatic heterocycles. The number of rotatable bonds is 8. The summed E-state index contributed by atoms with van der Waals surface area (Å²) in [6.07, 6.45) is 1.63. The first-order valence-electron chi connectivity index (χ1n) is 7.27. The Morgan fingerprint density at radius 3 is 1.30 bits per heavy atom. The van der Waals surface area contributed by atoms with Gasteiger partial charge in [0.1, 0.15) is 0 Å². The summed E-state index contributed by atoms with van der Waals surface area (Å²) in [6.45, 7) is 12.2. The van der Waals surface area contributed by atoms with Crippen LogP contribution in [0.5, 0.6) is 0 Å². The zero-order valence-electron chi connectivity index (χ0n) is 13.6. The first-order chi connectivity index (χ1) is 9.25. The van der Waals surface area contributed by atoms with Crippen molar-refractivity contribution in [3.8, 4) is 0 Å². The van der Waals surface area contributed by atoms with Crippen LogP contribution in [0.3, 0.4) is 0 Å². The lowest BCUT2D eigenvalue weighted by Gasteiger charge is -2.10. The fraction of sp³-hybridized carbons (Fsp3) is 0.750. The maximum atomic E-state index is 11.8. The maximum Gasteiger partial charge on any atom is 0.334 e. The van der Waals surface area contributed by atoms with E-state index in [1.165, 1.54) is 0 Å². The highest BCUT2D eigenvalue weighted by molar-refractivity contribution is 5.99. The van der Waals surface area contributed by atoms with Gasteiger partial charge in [0.05, 0.1) is 13.2 Å². The van der Waals surface area contributed by atoms with Gasteiger partial charge in [0.2, 0.25) is 0 Å². The Labute approximate surface area is 122 Å². The lowest BCUT2D eigenvalue weighted by atomic mass is 10.1. The third-order valence-corrected chi connectivity index (χ3v) is 3.03. The first kappa shape index (κ1) is 18.7. The van der Waals surface area contributed by atoms with Crippen LogP contribution in [0.25, 0.3) is 0 Å². The summed E-state index contributed by atoms with van der Waals surface area (Å²) in [5.41, 5.74) is 0.645. The average molecular weight is 284 g/mol. The van der Waals surface area contributed by atoms with Gasteiger partial charge in [-0.3, -0.25) is 0 Å². The molecule has 0 aromatic heterocycles. The second-order valence-electron chi connectivity index (χ2n) is 5.89. The summed E-state index contributed by atoms with van der Waals surface area (Å²) in [4.78, 5) is 23.5. The molecule has 4 heteroatoms. The molecule has 0 aromatic rings. The topological polar surface area (TPSA) is 52.6 Å². The minimum atomic E-state index is -0.441. The SMILES string of the molecule is C/C(C(=O)OCCC(C)C)=C(\C)C(=O)OCCC(C)C. The van der Waals surface area contributed by atoms with E-state index < -0.39 is 11.9 Å². The molecule has 0 aliphatic carbocycles. The molecule has 0 bridgehead atoms. The largest absolute Gasteiger partial charge is 0.462 e. The highest BCUT2D eigenvalue weighted by Crippen LogP contribution is 2.10. The normalized spacial score (nSPS) is 12.4. The summed E-state index contributed by atoms with van der Waals surface area (Å²) in [7, 11) is 0. The molecule has 0 unspecified atom stereocenters. The third kappa shape index (κ3) is 7.97. The van der Waals surface area contributed by atoms with Crippen LogP contribution in [-0.2, 0) is 19.1 Å². The summed E-state index contributed by atoms with van der Waals surface area (Å²) in [6, 6.07) is 0. The lowest BCUT2D eigenvalue weighted by Crippen LogP contribution is -2.15. The van der Waals surface area contributed by atoms with Crippen LogP contribution in [-0.4, -0.2) is 25.2 Å². The van der Waals surface area contributed by atoms with Gasteiger partial charge < -0.3 is 9.47 Å². The van der Waals surface area contributed by atoms with Crippen LogP contribution in [0.15, 0.2) is 11.1 Å². The Morgan fingerprint density at radius 1 is 0.750 bits per heavy atom. The van der Waals surface area contributed by atoms with Crippen molar-refractivity contribution in [2.24, 2.45) is 11.8 Å². The summed E-state index contributed by atoms with van der Waals surface area (Å²) < 4.78 is 10.2. The number of hydrogen-bond acceptors (Lipinski definition) is 4. The van der Waals surface area contributed by atoms with E-state index in [0.29, 0.717) is 36.2 Å². The highest BCUT2D eigenvalue weighted by atomic mass is 16.5. The van der Waals surface area contributed by atoms with Crippen molar-refractivity contribution < 1.29 is 19.1 Å². The zero-order valence-corrected chi connectivity index (χ0v) is 13.6. The molecule has 0 atom stereocenters. The molecule has 0 aliphatic rings. The van der Waals surface area contributed by atoms with E-state index in [0.717, 1.165) is 12.8 Å². The van der Waals surface area contributed by atoms with Crippen molar-refractivity contribution in [2.75, 3.05) is 13.2 Å². The molecular formula is C16H28O4. The number of esters is 2. The monoisotopic (exact) mass is 284 g/mol. The van der Waals surface area contributed by atoms with Crippen molar-refractivity contribution in [3.63, 3.8) is 0 Å². The second kappa shape index (κ2) is 9.56. The van der Waals surface area contributed by atoms with Gasteiger partial charge in [0.15, 0.2) is 0 Å². The van der Waals surface area contributed by atoms with E-state index in [4.69, 9.17) is 9.47 Å². The molecule has 0 radical (unpaired) electrons. The second-order valence-corrected chi connectivity index (χ2v) is 5.89. The smallest absolute Gasteiger partial charge is 0.334 e. The van der Waals surface area contributed by atoms with Gasteiger partial charge in [0.25, 0.3) is 0 Å². The van der Waals surface area contributed by atoms with E-state index in [1.54, 1.807) is 13.8 Å². The Morgan fingerprint density at radius 2 is 1.05 bits per heavy atom. The van der Waals surface area contributed by atoms with Gasteiger partial charge >= 0.3 is 11.9 Å². The van der Waals surface area contributed by atoms with Crippen molar-refractivity contribution in [3.05, 3.63) is 11.1 Å². The average Bonchev–Trinajstić information content (AvgIpc) is 2.35. The maximum absolute atomic E-state index is 11.8. The predicted octanol–water partition coefficient (Wildman–Crippen LogP) is 3.50. The molecule has 0 saturated heterocycles. The van der Waals surface area contributed by atoms with Gasteiger partial charge in [0, 0.05) is 11.1 Å². The zero-order chi connectivity index (χ0) is 15.7. The van der Waals surface area contributed by atoms with Crippen LogP contribution in [0.2, 0.25) is 0 Å². The van der Waals surface area contributed by atoms with Gasteiger partial charge in [-0.2, -0.15) is 0 Å². The highest BCUT2D eigenvalue weighted by Gasteiger charge is 2.16. The summed E-state index contributed by atoms with van der Waals surface area (Å²) in [5.74, 6) is 0.0799. The van der Waals surface area contributed by atoms with Crippen molar-refractivity contribution in [1.29, 1.82) is 0 Å². The van der Waals surface area contributed by atoms with Gasteiger partial charge in [-0.1, -0.05) is 27.7 Å². The fourth-order valence-corrected chi connectivity index (χ4v) is 1.30. The molecule has 0 rings (SSSR count). The lowest BCUT2D eigenvalue weighted by molar-refractivity contribution is -0.142. The molecule has 0 amide bonds. The predicted molar refractivity (Wildman–Crippen MR) is 79.2 cm³/mol. The molecular weight excluding hydrogens is 256 g/mol. The van der Waals surface area contributed by atoms with E-state index in [2.05, 4.69) is 27.7 Å². The van der Waals surface area contributed by atoms with E-state index in [-0.39, 0.29) is 0 Å². The minimum absolute atomic E-state index is 0.323. The van der Waals surface area contributed by atoms with Gasteiger partial charge in [-0.05, 0) is 38.5 Å². The van der Waals surface area contributed by atoms with Crippen LogP contribution >= 0.6 is 0 Å². The number of carbonyl (C=O) groups is 2. The van der Waals surface area contributed by atoms with E-state index >= 15 is 0 Å². The molecule has 0 aromatic carbocycles. The minimum Gasteiger partial charge on any atom is -0.462 e. The quantitative estimate of drug-likeness (QED) is 0.505. The third-order valence-electron chi connectivity index (χ3n) is 3.03. The van der Waals surface area contributed by atoms with Crippen LogP contribution in [0.4, 0.5) is 0 Å². The van der Waals surface area contributed by atoms with E-state index in [1.807, 2.05) is 0 Å². The molecule has 0 saturated carbocycles. The molecule has 0 spiro atoms. The van der Waals surface area contributed by atoms with Crippen LogP contribution in [0.1, 0.15) is 54.4 Å². The fourth-order valence-electron chi connectivity index (χ4n) is 1.30. The van der Waals surface area contributed by atoms with Crippen molar-refractivity contribution in [2.45, 2.75) is 54.4 Å². The van der Waals surface area contributed by atoms with Crippen molar-refractivity contribution >= 4 is 11.9 Å². The number of hydrogen-bond donors (Lipinski definition) is 0. The Kier molecular flexibility index (Phi) is 8.93. The Balaban J connectivity index is 4.33. The molecule has 116 valence electrons. The van der Waals surface area contributed by atoms with Gasteiger partial charge in [-0.25, -0.2) is 9.59 Å². The molecule has 0 N–H and O–H groups in total. The first-order valence-corrected chi connectivity index (χ1v) is 7.27. The van der Waals surface area contributed by atoms with E-state index in [9.17, 15) is 9.59 Å². The number of ether oxygens (including phenoxy) is 2. The summed E-state index contributed by atoms with van der Waals surface area (Å²) >= 11 is 0. The van der Waals surface area contributed by atoms with Gasteiger partial charge in [-0.15, -0.1) is 0 Å². The van der Waals surface area contributed by atoms with Crippen LogP contribution < -0.4 is 0 Å². The Hall–Kier alpha value is -1.32. The number of carbonyl (C=O) groups excluding carboxylic acids is 2. The van der Waals surface area contributed by atoms with Crippen molar-refractivity contribution in [1.82, 2.24) is 0 Å². The standard InChI is InChI=1S/C16H28O4/c1-11(2)7-9-19-15(17)13(5)14(6)16(18)20-10-8-12(3)4/h11-12H,7-10H2,1-6H3/b14-13-. The molecule has 0 fully saturated rings. The van der Waals surface area contributed by atoms with Crippen LogP contribution in [0, 0.1) is 11.8 Å². The molecule has 20 heavy (non-hydrogen) atoms. The summed E-state index contributed by atoms with van der Waals surface area (Å²) in [5, 5.41) is 0. The molecule has 4 nitrogen and oxygen atoms in total.